The molecule has 1 saturated heterocycles. The predicted octanol–water partition coefficient (Wildman–Crippen LogP) is -0.339. The molecule has 2 aliphatic heterocycles. The number of rotatable bonds is 4. The molecule has 10 nitrogen and oxygen atoms in total. The van der Waals surface area contributed by atoms with Gasteiger partial charge >= 0.3 is 5.97 Å². The van der Waals surface area contributed by atoms with Crippen LogP contribution in [0.5, 0.6) is 0 Å². The van der Waals surface area contributed by atoms with Crippen molar-refractivity contribution in [3.05, 3.63) is 22.8 Å². The highest BCUT2D eigenvalue weighted by Crippen LogP contribution is 2.40. The molecule has 2 unspecified atom stereocenters. The zero-order chi connectivity index (χ0) is 18.3. The van der Waals surface area contributed by atoms with Gasteiger partial charge in [0, 0.05) is 10.6 Å². The topological polar surface area (TPSA) is 158 Å². The Bertz CT molecular complexity index is 819. The third kappa shape index (κ3) is 2.93. The van der Waals surface area contributed by atoms with E-state index in [9.17, 15) is 19.5 Å². The number of carboxylic acid groups (broad SMARTS) is 1. The van der Waals surface area contributed by atoms with Gasteiger partial charge in [0.15, 0.2) is 10.8 Å². The monoisotopic (exact) mass is 383 g/mol. The van der Waals surface area contributed by atoms with Crippen LogP contribution in [0.4, 0.5) is 5.13 Å². The first-order valence-corrected chi connectivity index (χ1v) is 8.83. The summed E-state index contributed by atoms with van der Waals surface area (Å²) < 4.78 is 0. The minimum absolute atomic E-state index is 0.0851. The van der Waals surface area contributed by atoms with Crippen LogP contribution >= 0.6 is 23.1 Å². The molecule has 12 heteroatoms. The minimum Gasteiger partial charge on any atom is -0.477 e. The Kier molecular flexibility index (Phi) is 4.39. The highest BCUT2D eigenvalue weighted by molar-refractivity contribution is 8.00. The lowest BCUT2D eigenvalue weighted by molar-refractivity contribution is -0.150. The number of hydrogen-bond acceptors (Lipinski definition) is 9. The number of carboxylic acids is 1. The number of anilines is 1. The second kappa shape index (κ2) is 6.37. The first-order valence-electron chi connectivity index (χ1n) is 7.01. The molecule has 2 amide bonds. The summed E-state index contributed by atoms with van der Waals surface area (Å²) in [6.45, 7) is 1.80. The maximum absolute atomic E-state index is 12.3. The standard InChI is InChI=1S/C13H13N5O5S2/c1-4-2-6(12(21)22)18-10(20)8(11(18)25-4)16-9(19)7(17-23)5-3-24-13(14)15-5/h2-4,8,11,23H,1H3,(H2,14,15)(H,16,19)(H,21,22)/t4?,8?,11-/m0/s1. The molecule has 0 aliphatic carbocycles. The minimum atomic E-state index is -1.20. The number of amides is 2. The summed E-state index contributed by atoms with van der Waals surface area (Å²) in [5.41, 5.74) is 5.10. The van der Waals surface area contributed by atoms with Gasteiger partial charge < -0.3 is 21.4 Å². The number of nitrogen functional groups attached to an aromatic ring is 1. The third-order valence-electron chi connectivity index (χ3n) is 3.63. The summed E-state index contributed by atoms with van der Waals surface area (Å²) in [6, 6.07) is -0.921. The van der Waals surface area contributed by atoms with Crippen molar-refractivity contribution in [2.75, 3.05) is 5.73 Å². The quantitative estimate of drug-likeness (QED) is 0.238. The smallest absolute Gasteiger partial charge is 0.352 e. The molecule has 1 fully saturated rings. The van der Waals surface area contributed by atoms with E-state index in [1.165, 1.54) is 23.2 Å². The van der Waals surface area contributed by atoms with Crippen molar-refractivity contribution in [2.24, 2.45) is 5.16 Å². The van der Waals surface area contributed by atoms with Crippen LogP contribution < -0.4 is 11.1 Å². The van der Waals surface area contributed by atoms with E-state index < -0.39 is 29.2 Å². The van der Waals surface area contributed by atoms with E-state index in [0.29, 0.717) is 0 Å². The molecule has 0 saturated carbocycles. The van der Waals surface area contributed by atoms with Crippen LogP contribution in [-0.4, -0.2) is 60.4 Å². The van der Waals surface area contributed by atoms with Crippen molar-refractivity contribution in [3.63, 3.8) is 0 Å². The van der Waals surface area contributed by atoms with Gasteiger partial charge in [0.1, 0.15) is 22.8 Å². The zero-order valence-corrected chi connectivity index (χ0v) is 14.4. The Morgan fingerprint density at radius 1 is 1.48 bits per heavy atom. The molecule has 0 radical (unpaired) electrons. The zero-order valence-electron chi connectivity index (χ0n) is 12.7. The van der Waals surface area contributed by atoms with Crippen molar-refractivity contribution in [1.82, 2.24) is 15.2 Å². The number of β-lactam (4-membered cyclic amide) rings is 1. The Morgan fingerprint density at radius 2 is 2.20 bits per heavy atom. The molecule has 5 N–H and O–H groups in total. The van der Waals surface area contributed by atoms with Gasteiger partial charge in [0.2, 0.25) is 0 Å². The molecule has 0 aromatic carbocycles. The normalized spacial score (nSPS) is 25.7. The number of thioether (sulfide) groups is 1. The summed E-state index contributed by atoms with van der Waals surface area (Å²) in [5, 5.41) is 24.7. The molecule has 132 valence electrons. The number of nitrogens with one attached hydrogen (secondary N) is 1. The van der Waals surface area contributed by atoms with E-state index in [2.05, 4.69) is 15.5 Å². The van der Waals surface area contributed by atoms with E-state index >= 15 is 0 Å². The van der Waals surface area contributed by atoms with E-state index in [1.54, 1.807) is 6.92 Å². The molecule has 3 heterocycles. The van der Waals surface area contributed by atoms with Crippen LogP contribution in [0.1, 0.15) is 12.6 Å². The number of carbonyl (C=O) groups is 3. The van der Waals surface area contributed by atoms with Crippen molar-refractivity contribution >= 4 is 51.7 Å². The molecule has 1 aromatic rings. The summed E-state index contributed by atoms with van der Waals surface area (Å²) in [5.74, 6) is -2.54. The molecular formula is C13H13N5O5S2. The van der Waals surface area contributed by atoms with Gasteiger partial charge in [-0.3, -0.25) is 14.5 Å². The lowest BCUT2D eigenvalue weighted by Crippen LogP contribution is -2.71. The summed E-state index contributed by atoms with van der Waals surface area (Å²) in [4.78, 5) is 40.8. The first kappa shape index (κ1) is 17.2. The highest BCUT2D eigenvalue weighted by Gasteiger charge is 2.54. The van der Waals surface area contributed by atoms with Gasteiger partial charge in [-0.25, -0.2) is 9.78 Å². The van der Waals surface area contributed by atoms with Gasteiger partial charge in [0.25, 0.3) is 11.8 Å². The Hall–Kier alpha value is -2.60. The Balaban J connectivity index is 1.76. The third-order valence-corrected chi connectivity index (χ3v) is 5.64. The van der Waals surface area contributed by atoms with E-state index in [0.717, 1.165) is 16.2 Å². The Labute approximate surface area is 149 Å². The summed E-state index contributed by atoms with van der Waals surface area (Å²) in [6.07, 6.45) is 1.48. The van der Waals surface area contributed by atoms with Gasteiger partial charge in [-0.1, -0.05) is 5.16 Å². The fourth-order valence-corrected chi connectivity index (χ4v) is 4.42. The fourth-order valence-electron chi connectivity index (χ4n) is 2.55. The number of thiazole rings is 1. The van der Waals surface area contributed by atoms with Crippen LogP contribution in [0, 0.1) is 0 Å². The fraction of sp³-hybridized carbons (Fsp3) is 0.308. The largest absolute Gasteiger partial charge is 0.477 e. The number of oxime groups is 1. The first-order chi connectivity index (χ1) is 11.8. The number of aromatic nitrogens is 1. The molecule has 2 aliphatic rings. The second-order valence-corrected chi connectivity index (χ2v) is 7.66. The van der Waals surface area contributed by atoms with E-state index in [1.807, 2.05) is 0 Å². The molecule has 3 atom stereocenters. The summed E-state index contributed by atoms with van der Waals surface area (Å²) >= 11 is 2.41. The van der Waals surface area contributed by atoms with Gasteiger partial charge in [-0.15, -0.1) is 23.1 Å². The molecule has 0 spiro atoms. The van der Waals surface area contributed by atoms with Crippen LogP contribution in [0.2, 0.25) is 0 Å². The Morgan fingerprint density at radius 3 is 2.76 bits per heavy atom. The number of hydrogen-bond donors (Lipinski definition) is 4. The van der Waals surface area contributed by atoms with Crippen LogP contribution in [0.15, 0.2) is 22.3 Å². The van der Waals surface area contributed by atoms with Gasteiger partial charge in [0.05, 0.1) is 0 Å². The number of nitrogens with zero attached hydrogens (tertiary/aromatic N) is 3. The van der Waals surface area contributed by atoms with Crippen LogP contribution in [-0.2, 0) is 14.4 Å². The predicted molar refractivity (Wildman–Crippen MR) is 90.2 cm³/mol. The van der Waals surface area contributed by atoms with Crippen LogP contribution in [0.3, 0.4) is 0 Å². The van der Waals surface area contributed by atoms with Crippen molar-refractivity contribution in [2.45, 2.75) is 23.6 Å². The van der Waals surface area contributed by atoms with Crippen molar-refractivity contribution in [3.8, 4) is 0 Å². The lowest BCUT2D eigenvalue weighted by Gasteiger charge is -2.49. The van der Waals surface area contributed by atoms with Gasteiger partial charge in [-0.05, 0) is 13.0 Å². The molecule has 3 rings (SSSR count). The molecule has 0 bridgehead atoms. The van der Waals surface area contributed by atoms with E-state index in [4.69, 9.17) is 10.9 Å². The van der Waals surface area contributed by atoms with Gasteiger partial charge in [-0.2, -0.15) is 0 Å². The second-order valence-electron chi connectivity index (χ2n) is 5.27. The lowest BCUT2D eigenvalue weighted by atomic mass is 10.0. The number of nitrogens with two attached hydrogens (primary N) is 1. The molecular weight excluding hydrogens is 370 g/mol. The van der Waals surface area contributed by atoms with Crippen molar-refractivity contribution in [1.29, 1.82) is 0 Å². The number of fused-ring (bicyclic) bond motifs is 1. The molecule has 25 heavy (non-hydrogen) atoms. The average Bonchev–Trinajstić information content (AvgIpc) is 2.98. The maximum Gasteiger partial charge on any atom is 0.352 e. The maximum atomic E-state index is 12.3. The summed E-state index contributed by atoms with van der Waals surface area (Å²) in [7, 11) is 0. The number of aliphatic carboxylic acids is 1. The average molecular weight is 383 g/mol. The number of carbonyl (C=O) groups excluding carboxylic acids is 2. The van der Waals surface area contributed by atoms with Crippen molar-refractivity contribution < 1.29 is 24.7 Å². The highest BCUT2D eigenvalue weighted by atomic mass is 32.2. The molecule has 1 aromatic heterocycles. The SMILES string of the molecule is CC1C=C(C(=O)O)N2C(=O)C(NC(=O)C(=NO)c3csc(N)n3)[C@@H]2S1. The van der Waals surface area contributed by atoms with E-state index in [-0.39, 0.29) is 27.5 Å². The van der Waals surface area contributed by atoms with Crippen LogP contribution in [0.25, 0.3) is 0 Å².